The summed E-state index contributed by atoms with van der Waals surface area (Å²) in [4.78, 5) is 19.3. The van der Waals surface area contributed by atoms with Crippen LogP contribution in [0.15, 0.2) is 27.8 Å². The van der Waals surface area contributed by atoms with E-state index in [1.54, 1.807) is 11.2 Å². The van der Waals surface area contributed by atoms with E-state index in [1.165, 1.54) is 0 Å². The molecule has 1 amide bonds. The lowest BCUT2D eigenvalue weighted by Crippen LogP contribution is -2.45. The van der Waals surface area contributed by atoms with Crippen molar-refractivity contribution in [2.24, 2.45) is 10.4 Å². The Morgan fingerprint density at radius 2 is 2.12 bits per heavy atom. The Labute approximate surface area is 157 Å². The van der Waals surface area contributed by atoms with E-state index in [0.717, 1.165) is 56.8 Å². The van der Waals surface area contributed by atoms with Gasteiger partial charge in [0.05, 0.1) is 18.2 Å². The molecule has 6 nitrogen and oxygen atoms in total. The van der Waals surface area contributed by atoms with Crippen molar-refractivity contribution in [2.45, 2.75) is 58.4 Å². The minimum Gasteiger partial charge on any atom is -0.469 e. The van der Waals surface area contributed by atoms with E-state index >= 15 is 0 Å². The van der Waals surface area contributed by atoms with Crippen molar-refractivity contribution < 1.29 is 9.21 Å². The van der Waals surface area contributed by atoms with Gasteiger partial charge in [-0.1, -0.05) is 19.8 Å². The predicted octanol–water partition coefficient (Wildman–Crippen LogP) is 2.80. The van der Waals surface area contributed by atoms with E-state index in [-0.39, 0.29) is 11.3 Å². The van der Waals surface area contributed by atoms with Gasteiger partial charge in [-0.2, -0.15) is 0 Å². The summed E-state index contributed by atoms with van der Waals surface area (Å²) in [6.45, 7) is 5.56. The number of carbonyl (C=O) groups is 1. The Bertz CT molecular complexity index is 575. The maximum Gasteiger partial charge on any atom is 0.230 e. The SMILES string of the molecule is CCC(C)NC(=NCC1(C(=O)N(C)C)CCCC1)NCCc1ccco1. The summed E-state index contributed by atoms with van der Waals surface area (Å²) in [6, 6.07) is 4.21. The van der Waals surface area contributed by atoms with E-state index in [9.17, 15) is 4.79 Å². The molecule has 1 aromatic rings. The Balaban J connectivity index is 2.03. The molecule has 1 fully saturated rings. The summed E-state index contributed by atoms with van der Waals surface area (Å²) in [6.07, 6.45) is 7.58. The number of rotatable bonds is 8. The molecular weight excluding hydrogens is 328 g/mol. The zero-order valence-electron chi connectivity index (χ0n) is 16.7. The van der Waals surface area contributed by atoms with Gasteiger partial charge in [0.25, 0.3) is 0 Å². The van der Waals surface area contributed by atoms with Gasteiger partial charge in [0, 0.05) is 33.1 Å². The fourth-order valence-corrected chi connectivity index (χ4v) is 3.44. The molecule has 1 atom stereocenters. The van der Waals surface area contributed by atoms with Gasteiger partial charge in [-0.05, 0) is 38.3 Å². The highest BCUT2D eigenvalue weighted by Gasteiger charge is 2.42. The van der Waals surface area contributed by atoms with Crippen LogP contribution in [0.2, 0.25) is 0 Å². The smallest absolute Gasteiger partial charge is 0.230 e. The number of nitrogens with one attached hydrogen (secondary N) is 2. The highest BCUT2D eigenvalue weighted by Crippen LogP contribution is 2.39. The summed E-state index contributed by atoms with van der Waals surface area (Å²) in [5, 5.41) is 6.83. The number of guanidine groups is 1. The van der Waals surface area contributed by atoms with Crippen LogP contribution in [0.4, 0.5) is 0 Å². The molecule has 0 aliphatic heterocycles. The molecule has 0 radical (unpaired) electrons. The summed E-state index contributed by atoms with van der Waals surface area (Å²) in [5.74, 6) is 1.94. The molecule has 146 valence electrons. The van der Waals surface area contributed by atoms with Crippen molar-refractivity contribution in [3.8, 4) is 0 Å². The topological polar surface area (TPSA) is 69.9 Å². The average molecular weight is 363 g/mol. The van der Waals surface area contributed by atoms with Crippen molar-refractivity contribution in [1.29, 1.82) is 0 Å². The zero-order valence-corrected chi connectivity index (χ0v) is 16.7. The molecule has 1 aromatic heterocycles. The summed E-state index contributed by atoms with van der Waals surface area (Å²) < 4.78 is 5.38. The van der Waals surface area contributed by atoms with Crippen molar-refractivity contribution in [2.75, 3.05) is 27.2 Å². The number of furan rings is 1. The first-order valence-electron chi connectivity index (χ1n) is 9.76. The molecule has 26 heavy (non-hydrogen) atoms. The molecule has 0 spiro atoms. The number of aliphatic imine (C=N–C) groups is 1. The largest absolute Gasteiger partial charge is 0.469 e. The number of nitrogens with zero attached hydrogens (tertiary/aromatic N) is 2. The van der Waals surface area contributed by atoms with E-state index in [2.05, 4.69) is 24.5 Å². The van der Waals surface area contributed by atoms with E-state index in [0.29, 0.717) is 12.6 Å². The van der Waals surface area contributed by atoms with Gasteiger partial charge >= 0.3 is 0 Å². The standard InChI is InChI=1S/C20H34N4O2/c1-5-16(2)23-19(21-13-10-17-9-8-14-26-17)22-15-20(11-6-7-12-20)18(25)24(3)4/h8-9,14,16H,5-7,10-13,15H2,1-4H3,(H2,21,22,23). The second-order valence-corrected chi connectivity index (χ2v) is 7.56. The van der Waals surface area contributed by atoms with Crippen LogP contribution in [0.5, 0.6) is 0 Å². The zero-order chi connectivity index (χ0) is 19.0. The Morgan fingerprint density at radius 3 is 2.69 bits per heavy atom. The highest BCUT2D eigenvalue weighted by atomic mass is 16.3. The molecule has 1 saturated carbocycles. The van der Waals surface area contributed by atoms with E-state index in [1.807, 2.05) is 26.2 Å². The molecule has 2 N–H and O–H groups in total. The third kappa shape index (κ3) is 5.51. The molecule has 0 bridgehead atoms. The third-order valence-electron chi connectivity index (χ3n) is 5.20. The summed E-state index contributed by atoms with van der Waals surface area (Å²) >= 11 is 0. The molecule has 1 aliphatic carbocycles. The van der Waals surface area contributed by atoms with Crippen LogP contribution in [0.3, 0.4) is 0 Å². The molecule has 1 aliphatic rings. The summed E-state index contributed by atoms with van der Waals surface area (Å²) in [7, 11) is 3.68. The number of carbonyl (C=O) groups excluding carboxylic acids is 1. The summed E-state index contributed by atoms with van der Waals surface area (Å²) in [5.41, 5.74) is -0.339. The molecule has 2 rings (SSSR count). The van der Waals surface area contributed by atoms with Crippen LogP contribution in [-0.4, -0.2) is 50.0 Å². The first-order valence-corrected chi connectivity index (χ1v) is 9.76. The maximum absolute atomic E-state index is 12.7. The van der Waals surface area contributed by atoms with Crippen molar-refractivity contribution in [3.05, 3.63) is 24.2 Å². The lowest BCUT2D eigenvalue weighted by Gasteiger charge is -2.29. The van der Waals surface area contributed by atoms with Gasteiger partial charge in [0.2, 0.25) is 5.91 Å². The molecule has 0 aromatic carbocycles. The van der Waals surface area contributed by atoms with E-state index in [4.69, 9.17) is 9.41 Å². The van der Waals surface area contributed by atoms with Crippen LogP contribution in [0, 0.1) is 5.41 Å². The average Bonchev–Trinajstić information content (AvgIpc) is 3.31. The van der Waals surface area contributed by atoms with Crippen LogP contribution >= 0.6 is 0 Å². The highest BCUT2D eigenvalue weighted by molar-refractivity contribution is 5.84. The second-order valence-electron chi connectivity index (χ2n) is 7.56. The molecular formula is C20H34N4O2. The van der Waals surface area contributed by atoms with Gasteiger partial charge < -0.3 is 20.0 Å². The number of amides is 1. The van der Waals surface area contributed by atoms with Crippen molar-refractivity contribution >= 4 is 11.9 Å². The molecule has 6 heteroatoms. The second kappa shape index (κ2) is 9.64. The van der Waals surface area contributed by atoms with Crippen molar-refractivity contribution in [3.63, 3.8) is 0 Å². The Morgan fingerprint density at radius 1 is 1.38 bits per heavy atom. The van der Waals surface area contributed by atoms with Gasteiger partial charge in [-0.15, -0.1) is 0 Å². The first kappa shape index (κ1) is 20.3. The minimum atomic E-state index is -0.339. The molecule has 0 saturated heterocycles. The normalized spacial score (nSPS) is 17.8. The lowest BCUT2D eigenvalue weighted by atomic mass is 9.85. The molecule has 1 unspecified atom stereocenters. The monoisotopic (exact) mass is 362 g/mol. The van der Waals surface area contributed by atoms with Gasteiger partial charge in [0.15, 0.2) is 5.96 Å². The number of hydrogen-bond acceptors (Lipinski definition) is 3. The lowest BCUT2D eigenvalue weighted by molar-refractivity contribution is -0.138. The minimum absolute atomic E-state index is 0.206. The van der Waals surface area contributed by atoms with Crippen molar-refractivity contribution in [1.82, 2.24) is 15.5 Å². The van der Waals surface area contributed by atoms with Crippen LogP contribution < -0.4 is 10.6 Å². The van der Waals surface area contributed by atoms with Crippen LogP contribution in [0.1, 0.15) is 51.7 Å². The van der Waals surface area contributed by atoms with Crippen LogP contribution in [-0.2, 0) is 11.2 Å². The third-order valence-corrected chi connectivity index (χ3v) is 5.20. The maximum atomic E-state index is 12.7. The van der Waals surface area contributed by atoms with Crippen LogP contribution in [0.25, 0.3) is 0 Å². The quantitative estimate of drug-likeness (QED) is 0.551. The fourth-order valence-electron chi connectivity index (χ4n) is 3.44. The molecule has 1 heterocycles. The Kier molecular flexibility index (Phi) is 7.54. The predicted molar refractivity (Wildman–Crippen MR) is 105 cm³/mol. The van der Waals surface area contributed by atoms with Gasteiger partial charge in [-0.3, -0.25) is 9.79 Å². The first-order chi connectivity index (χ1) is 12.5. The van der Waals surface area contributed by atoms with Gasteiger partial charge in [0.1, 0.15) is 5.76 Å². The number of hydrogen-bond donors (Lipinski definition) is 2. The fraction of sp³-hybridized carbons (Fsp3) is 0.700. The Hall–Kier alpha value is -1.98. The van der Waals surface area contributed by atoms with E-state index < -0.39 is 0 Å². The van der Waals surface area contributed by atoms with Gasteiger partial charge in [-0.25, -0.2) is 0 Å².